The zero-order valence-electron chi connectivity index (χ0n) is 15.7. The number of nitrogens with zero attached hydrogens (tertiary/aromatic N) is 2. The van der Waals surface area contributed by atoms with Crippen LogP contribution < -0.4 is 5.32 Å². The number of amides is 2. The van der Waals surface area contributed by atoms with E-state index in [2.05, 4.69) is 17.2 Å². The maximum Gasteiger partial charge on any atom is 0.236 e. The van der Waals surface area contributed by atoms with Crippen LogP contribution in [-0.4, -0.2) is 45.8 Å². The van der Waals surface area contributed by atoms with Gasteiger partial charge in [0, 0.05) is 23.5 Å². The molecule has 0 saturated carbocycles. The molecule has 5 nitrogen and oxygen atoms in total. The van der Waals surface area contributed by atoms with E-state index in [0.29, 0.717) is 16.9 Å². The second-order valence-corrected chi connectivity index (χ2v) is 8.72. The normalized spacial score (nSPS) is 17.0. The molecule has 2 aromatic rings. The van der Waals surface area contributed by atoms with Gasteiger partial charge in [0.05, 0.1) is 17.2 Å². The Kier molecular flexibility index (Phi) is 6.90. The molecule has 144 valence electrons. The van der Waals surface area contributed by atoms with Crippen molar-refractivity contribution in [2.45, 2.75) is 39.2 Å². The molecule has 2 heterocycles. The van der Waals surface area contributed by atoms with Gasteiger partial charge in [-0.2, -0.15) is 0 Å². The summed E-state index contributed by atoms with van der Waals surface area (Å²) in [4.78, 5) is 30.9. The van der Waals surface area contributed by atoms with Crippen LogP contribution in [-0.2, 0) is 9.59 Å². The van der Waals surface area contributed by atoms with E-state index < -0.39 is 0 Å². The Morgan fingerprint density at radius 3 is 2.78 bits per heavy atom. The van der Waals surface area contributed by atoms with Gasteiger partial charge in [0.25, 0.3) is 0 Å². The molecule has 3 rings (SSSR count). The summed E-state index contributed by atoms with van der Waals surface area (Å²) in [5.74, 6) is 0.623. The van der Waals surface area contributed by atoms with Crippen molar-refractivity contribution in [3.8, 4) is 11.3 Å². The summed E-state index contributed by atoms with van der Waals surface area (Å²) in [5.41, 5.74) is 3.10. The molecule has 1 aromatic carbocycles. The first-order valence-electron chi connectivity index (χ1n) is 9.22. The third-order valence-corrected chi connectivity index (χ3v) is 6.35. The molecule has 1 aliphatic rings. The van der Waals surface area contributed by atoms with Crippen LogP contribution in [0.3, 0.4) is 0 Å². The number of aromatic nitrogens is 1. The fourth-order valence-corrected chi connectivity index (χ4v) is 4.56. The topological polar surface area (TPSA) is 62.3 Å². The molecule has 0 spiro atoms. The summed E-state index contributed by atoms with van der Waals surface area (Å²) < 4.78 is 0. The Morgan fingerprint density at radius 1 is 1.26 bits per heavy atom. The van der Waals surface area contributed by atoms with Gasteiger partial charge in [-0.05, 0) is 33.1 Å². The highest BCUT2D eigenvalue weighted by Crippen LogP contribution is 2.25. The average Bonchev–Trinajstić information content (AvgIpc) is 3.11. The summed E-state index contributed by atoms with van der Waals surface area (Å²) in [6, 6.07) is 8.46. The minimum absolute atomic E-state index is 0.121. The van der Waals surface area contributed by atoms with Crippen molar-refractivity contribution in [1.29, 1.82) is 0 Å². The minimum Gasteiger partial charge on any atom is -0.339 e. The highest BCUT2D eigenvalue weighted by atomic mass is 32.2. The Balaban J connectivity index is 1.44. The Hall–Kier alpha value is -1.86. The zero-order chi connectivity index (χ0) is 19.2. The molecule has 1 aliphatic heterocycles. The smallest absolute Gasteiger partial charge is 0.236 e. The molecule has 2 amide bonds. The third-order valence-electron chi connectivity index (χ3n) is 4.68. The van der Waals surface area contributed by atoms with Gasteiger partial charge in [0.1, 0.15) is 0 Å². The standard InChI is InChI=1S/C20H25N3O2S2/c1-14-6-8-16(9-7-14)17-11-27-20(21-17)22-18(24)12-26-13-19(25)23-10-4-3-5-15(23)2/h6-9,11,15H,3-5,10,12-13H2,1-2H3,(H,21,22,24). The monoisotopic (exact) mass is 403 g/mol. The van der Waals surface area contributed by atoms with E-state index >= 15 is 0 Å². The van der Waals surface area contributed by atoms with E-state index in [9.17, 15) is 9.59 Å². The lowest BCUT2D eigenvalue weighted by molar-refractivity contribution is -0.131. The summed E-state index contributed by atoms with van der Waals surface area (Å²) in [6.07, 6.45) is 3.34. The number of aryl methyl sites for hydroxylation is 1. The number of piperidine rings is 1. The molecule has 0 radical (unpaired) electrons. The SMILES string of the molecule is Cc1ccc(-c2csc(NC(=O)CSCC(=O)N3CCCCC3C)n2)cc1. The predicted octanol–water partition coefficient (Wildman–Crippen LogP) is 4.19. The lowest BCUT2D eigenvalue weighted by atomic mass is 10.0. The van der Waals surface area contributed by atoms with Crippen LogP contribution in [0.4, 0.5) is 5.13 Å². The van der Waals surface area contributed by atoms with Crippen molar-refractivity contribution in [3.63, 3.8) is 0 Å². The number of anilines is 1. The average molecular weight is 404 g/mol. The molecule has 1 fully saturated rings. The molecule has 1 unspecified atom stereocenters. The van der Waals surface area contributed by atoms with E-state index in [1.54, 1.807) is 0 Å². The maximum absolute atomic E-state index is 12.3. The van der Waals surface area contributed by atoms with Crippen LogP contribution >= 0.6 is 23.1 Å². The lowest BCUT2D eigenvalue weighted by Gasteiger charge is -2.33. The van der Waals surface area contributed by atoms with E-state index in [-0.39, 0.29) is 17.6 Å². The van der Waals surface area contributed by atoms with Gasteiger partial charge >= 0.3 is 0 Å². The van der Waals surface area contributed by atoms with Gasteiger partial charge in [0.2, 0.25) is 11.8 Å². The molecular weight excluding hydrogens is 378 g/mol. The van der Waals surface area contributed by atoms with Gasteiger partial charge in [-0.25, -0.2) is 4.98 Å². The zero-order valence-corrected chi connectivity index (χ0v) is 17.4. The molecule has 0 bridgehead atoms. The second-order valence-electron chi connectivity index (χ2n) is 6.88. The second kappa shape index (κ2) is 9.37. The van der Waals surface area contributed by atoms with Crippen molar-refractivity contribution in [2.24, 2.45) is 0 Å². The van der Waals surface area contributed by atoms with Crippen molar-refractivity contribution in [1.82, 2.24) is 9.88 Å². The fourth-order valence-electron chi connectivity index (χ4n) is 3.13. The fraction of sp³-hybridized carbons (Fsp3) is 0.450. The minimum atomic E-state index is -0.121. The number of hydrogen-bond acceptors (Lipinski definition) is 5. The van der Waals surface area contributed by atoms with Crippen LogP contribution in [0.15, 0.2) is 29.6 Å². The number of thiazole rings is 1. The first kappa shape index (κ1) is 19.9. The first-order valence-corrected chi connectivity index (χ1v) is 11.3. The molecule has 7 heteroatoms. The molecule has 27 heavy (non-hydrogen) atoms. The predicted molar refractivity (Wildman–Crippen MR) is 113 cm³/mol. The van der Waals surface area contributed by atoms with E-state index in [1.165, 1.54) is 35.1 Å². The number of benzene rings is 1. The number of nitrogens with one attached hydrogen (secondary N) is 1. The quantitative estimate of drug-likeness (QED) is 0.785. The largest absolute Gasteiger partial charge is 0.339 e. The first-order chi connectivity index (χ1) is 13.0. The van der Waals surface area contributed by atoms with E-state index in [4.69, 9.17) is 0 Å². The van der Waals surface area contributed by atoms with Crippen LogP contribution in [0.5, 0.6) is 0 Å². The number of carbonyl (C=O) groups is 2. The van der Waals surface area contributed by atoms with E-state index in [0.717, 1.165) is 30.6 Å². The van der Waals surface area contributed by atoms with E-state index in [1.807, 2.05) is 41.5 Å². The van der Waals surface area contributed by atoms with Crippen LogP contribution in [0.25, 0.3) is 11.3 Å². The molecule has 1 saturated heterocycles. The number of thioether (sulfide) groups is 1. The number of hydrogen-bond donors (Lipinski definition) is 1. The molecule has 1 aromatic heterocycles. The van der Waals surface area contributed by atoms with Crippen molar-refractivity contribution < 1.29 is 9.59 Å². The number of rotatable bonds is 6. The summed E-state index contributed by atoms with van der Waals surface area (Å²) in [7, 11) is 0. The Bertz CT molecular complexity index is 789. The summed E-state index contributed by atoms with van der Waals surface area (Å²) in [6.45, 7) is 4.99. The molecule has 1 N–H and O–H groups in total. The highest BCUT2D eigenvalue weighted by molar-refractivity contribution is 8.00. The van der Waals surface area contributed by atoms with Crippen molar-refractivity contribution in [2.75, 3.05) is 23.4 Å². The van der Waals surface area contributed by atoms with Gasteiger partial charge in [-0.3, -0.25) is 9.59 Å². The van der Waals surface area contributed by atoms with Crippen molar-refractivity contribution >= 4 is 40.0 Å². The number of carbonyl (C=O) groups excluding carboxylic acids is 2. The number of likely N-dealkylation sites (tertiary alicyclic amines) is 1. The van der Waals surface area contributed by atoms with Crippen LogP contribution in [0.2, 0.25) is 0 Å². The lowest BCUT2D eigenvalue weighted by Crippen LogP contribution is -2.43. The Labute approximate surface area is 168 Å². The van der Waals surface area contributed by atoms with Gasteiger partial charge in [-0.15, -0.1) is 23.1 Å². The van der Waals surface area contributed by atoms with Gasteiger partial charge in [-0.1, -0.05) is 29.8 Å². The van der Waals surface area contributed by atoms with Crippen molar-refractivity contribution in [3.05, 3.63) is 35.2 Å². The Morgan fingerprint density at radius 2 is 2.04 bits per heavy atom. The third kappa shape index (κ3) is 5.56. The van der Waals surface area contributed by atoms with Gasteiger partial charge in [0.15, 0.2) is 5.13 Å². The van der Waals surface area contributed by atoms with Crippen LogP contribution in [0, 0.1) is 6.92 Å². The molecular formula is C20H25N3O2S2. The summed E-state index contributed by atoms with van der Waals surface area (Å²) in [5, 5.41) is 5.36. The molecule has 1 atom stereocenters. The summed E-state index contributed by atoms with van der Waals surface area (Å²) >= 11 is 2.77. The van der Waals surface area contributed by atoms with Crippen LogP contribution in [0.1, 0.15) is 31.7 Å². The maximum atomic E-state index is 12.3. The molecule has 0 aliphatic carbocycles. The highest BCUT2D eigenvalue weighted by Gasteiger charge is 2.23. The van der Waals surface area contributed by atoms with Gasteiger partial charge < -0.3 is 10.2 Å².